The summed E-state index contributed by atoms with van der Waals surface area (Å²) in [6.07, 6.45) is 0. The second-order valence-electron chi connectivity index (χ2n) is 16.9. The molecular weight excluding hydrogens is 743 g/mol. The van der Waals surface area contributed by atoms with Gasteiger partial charge in [-0.15, -0.1) is 0 Å². The molecule has 13 rings (SSSR count). The zero-order valence-corrected chi connectivity index (χ0v) is 33.5. The first-order valence-corrected chi connectivity index (χ1v) is 20.8. The summed E-state index contributed by atoms with van der Waals surface area (Å²) in [5, 5.41) is 17.9. The van der Waals surface area contributed by atoms with E-state index < -0.39 is 0 Å². The van der Waals surface area contributed by atoms with E-state index in [1.807, 2.05) is 18.2 Å². The van der Waals surface area contributed by atoms with Gasteiger partial charge in [0.25, 0.3) is 0 Å². The largest absolute Gasteiger partial charge is 0.279 e. The number of fused-ring (bicyclic) bond motifs is 13. The zero-order valence-electron chi connectivity index (χ0n) is 33.5. The molecule has 12 aromatic rings. The summed E-state index contributed by atoms with van der Waals surface area (Å²) in [7, 11) is 0. The number of nitriles is 1. The molecule has 0 N–H and O–H groups in total. The Kier molecular flexibility index (Phi) is 6.79. The second-order valence-corrected chi connectivity index (χ2v) is 16.9. The maximum absolute atomic E-state index is 9.74. The van der Waals surface area contributed by atoms with E-state index in [1.54, 1.807) is 0 Å². The fourth-order valence-corrected chi connectivity index (χ4v) is 10.5. The van der Waals surface area contributed by atoms with Crippen molar-refractivity contribution in [3.63, 3.8) is 0 Å². The van der Waals surface area contributed by atoms with Gasteiger partial charge in [-0.05, 0) is 127 Å². The van der Waals surface area contributed by atoms with Gasteiger partial charge in [0.05, 0.1) is 39.2 Å². The molecule has 5 nitrogen and oxygen atoms in total. The summed E-state index contributed by atoms with van der Waals surface area (Å²) in [6.45, 7) is 4.57. The van der Waals surface area contributed by atoms with Crippen molar-refractivity contribution in [2.75, 3.05) is 0 Å². The third-order valence-corrected chi connectivity index (χ3v) is 13.3. The highest BCUT2D eigenvalue weighted by Crippen LogP contribution is 2.52. The molecule has 9 aromatic carbocycles. The van der Waals surface area contributed by atoms with E-state index in [-0.39, 0.29) is 5.41 Å². The highest BCUT2D eigenvalue weighted by atomic mass is 15.2. The first-order valence-electron chi connectivity index (χ1n) is 20.8. The maximum atomic E-state index is 9.74. The van der Waals surface area contributed by atoms with Gasteiger partial charge < -0.3 is 0 Å². The van der Waals surface area contributed by atoms with Gasteiger partial charge in [0, 0.05) is 21.6 Å². The van der Waals surface area contributed by atoms with E-state index in [2.05, 4.69) is 187 Å². The van der Waals surface area contributed by atoms with Gasteiger partial charge in [0.15, 0.2) is 0 Å². The van der Waals surface area contributed by atoms with Gasteiger partial charge in [0.1, 0.15) is 5.65 Å². The Morgan fingerprint density at radius 1 is 0.459 bits per heavy atom. The average Bonchev–Trinajstić information content (AvgIpc) is 3.93. The van der Waals surface area contributed by atoms with Crippen molar-refractivity contribution in [3.8, 4) is 45.4 Å². The van der Waals surface area contributed by atoms with Crippen molar-refractivity contribution in [2.24, 2.45) is 0 Å². The van der Waals surface area contributed by atoms with Gasteiger partial charge in [-0.3, -0.25) is 8.97 Å². The van der Waals surface area contributed by atoms with E-state index in [1.165, 1.54) is 65.9 Å². The average molecular weight is 778 g/mol. The van der Waals surface area contributed by atoms with Crippen LogP contribution in [0.1, 0.15) is 30.5 Å². The Balaban J connectivity index is 1.06. The molecule has 0 saturated heterocycles. The maximum Gasteiger partial charge on any atom is 0.221 e. The van der Waals surface area contributed by atoms with Crippen LogP contribution in [-0.2, 0) is 5.41 Å². The highest BCUT2D eigenvalue weighted by Gasteiger charge is 2.36. The quantitative estimate of drug-likeness (QED) is 0.168. The number of nitrogens with zero attached hydrogens (tertiary/aromatic N) is 5. The smallest absolute Gasteiger partial charge is 0.221 e. The summed E-state index contributed by atoms with van der Waals surface area (Å²) in [5.41, 5.74) is 16.2. The van der Waals surface area contributed by atoms with Gasteiger partial charge in [-0.1, -0.05) is 129 Å². The predicted octanol–water partition coefficient (Wildman–Crippen LogP) is 14.0. The normalized spacial score (nSPS) is 13.2. The minimum atomic E-state index is -0.243. The molecule has 0 fully saturated rings. The lowest BCUT2D eigenvalue weighted by atomic mass is 9.80. The van der Waals surface area contributed by atoms with Crippen LogP contribution in [-0.4, -0.2) is 18.9 Å². The summed E-state index contributed by atoms with van der Waals surface area (Å²) in [6, 6.07) is 65.5. The number of para-hydroxylation sites is 4. The van der Waals surface area contributed by atoms with Crippen LogP contribution in [0, 0.1) is 11.3 Å². The fraction of sp³-hybridized carbons (Fsp3) is 0.0536. The topological polar surface area (TPSA) is 58.9 Å². The molecule has 5 heteroatoms. The molecule has 0 spiro atoms. The molecule has 0 radical (unpaired) electrons. The molecule has 0 bridgehead atoms. The molecule has 0 aliphatic heterocycles. The Hall–Kier alpha value is -8.07. The van der Waals surface area contributed by atoms with Crippen molar-refractivity contribution < 1.29 is 0 Å². The zero-order chi connectivity index (χ0) is 40.6. The molecular formula is C56H35N5. The minimum Gasteiger partial charge on any atom is -0.279 e. The van der Waals surface area contributed by atoms with E-state index in [4.69, 9.17) is 9.97 Å². The van der Waals surface area contributed by atoms with E-state index in [0.29, 0.717) is 5.56 Å². The number of benzene rings is 9. The van der Waals surface area contributed by atoms with Crippen molar-refractivity contribution in [3.05, 3.63) is 193 Å². The fourth-order valence-electron chi connectivity index (χ4n) is 10.5. The molecule has 1 aliphatic rings. The van der Waals surface area contributed by atoms with Crippen LogP contribution in [0.2, 0.25) is 0 Å². The Morgan fingerprint density at radius 2 is 0.984 bits per heavy atom. The third-order valence-electron chi connectivity index (χ3n) is 13.3. The van der Waals surface area contributed by atoms with Gasteiger partial charge in [-0.25, -0.2) is 9.97 Å². The molecule has 3 heterocycles. The number of imidazole rings is 1. The third kappa shape index (κ3) is 4.59. The molecule has 1 aliphatic carbocycles. The van der Waals surface area contributed by atoms with Crippen molar-refractivity contribution >= 4 is 70.9 Å². The summed E-state index contributed by atoms with van der Waals surface area (Å²) < 4.78 is 4.54. The highest BCUT2D eigenvalue weighted by molar-refractivity contribution is 6.22. The van der Waals surface area contributed by atoms with Crippen molar-refractivity contribution in [2.45, 2.75) is 19.3 Å². The minimum absolute atomic E-state index is 0.243. The number of rotatable bonds is 3. The predicted molar refractivity (Wildman–Crippen MR) is 251 cm³/mol. The Bertz CT molecular complexity index is 3870. The molecule has 3 aromatic heterocycles. The molecule has 0 amide bonds. The van der Waals surface area contributed by atoms with Crippen molar-refractivity contribution in [1.29, 1.82) is 5.26 Å². The first kappa shape index (κ1) is 33.9. The lowest BCUT2D eigenvalue weighted by Crippen LogP contribution is -2.15. The SMILES string of the molecule is CC1(C)c2cc(C#N)ccc2-c2ccc(-c3c4ccccc4c(-c4ccc5c(c4)c4ccccc4n5-c4nc5ccccc5c5nc6ccccc6n45)c4ccccc34)cc21. The Labute approximate surface area is 351 Å². The summed E-state index contributed by atoms with van der Waals surface area (Å²) in [5.74, 6) is 0.813. The molecule has 0 atom stereocenters. The van der Waals surface area contributed by atoms with Crippen LogP contribution in [0.15, 0.2) is 176 Å². The van der Waals surface area contributed by atoms with Crippen LogP contribution >= 0.6 is 0 Å². The van der Waals surface area contributed by atoms with Crippen LogP contribution < -0.4 is 0 Å². The summed E-state index contributed by atoms with van der Waals surface area (Å²) in [4.78, 5) is 10.5. The Morgan fingerprint density at radius 3 is 1.67 bits per heavy atom. The number of aromatic nitrogens is 4. The van der Waals surface area contributed by atoms with E-state index >= 15 is 0 Å². The van der Waals surface area contributed by atoms with Gasteiger partial charge in [-0.2, -0.15) is 5.26 Å². The van der Waals surface area contributed by atoms with Gasteiger partial charge >= 0.3 is 0 Å². The first-order chi connectivity index (χ1) is 30.0. The molecule has 61 heavy (non-hydrogen) atoms. The lowest BCUT2D eigenvalue weighted by Gasteiger charge is -2.23. The number of hydrogen-bond donors (Lipinski definition) is 0. The molecule has 0 saturated carbocycles. The van der Waals surface area contributed by atoms with Crippen LogP contribution in [0.4, 0.5) is 0 Å². The van der Waals surface area contributed by atoms with Crippen LogP contribution in [0.3, 0.4) is 0 Å². The second kappa shape index (κ2) is 12.2. The van der Waals surface area contributed by atoms with Crippen LogP contribution in [0.5, 0.6) is 0 Å². The molecule has 0 unspecified atom stereocenters. The van der Waals surface area contributed by atoms with E-state index in [0.717, 1.165) is 55.5 Å². The van der Waals surface area contributed by atoms with E-state index in [9.17, 15) is 5.26 Å². The standard InChI is InChI=1S/C56H35N5/c1-56(2)45-29-33(32-57)23-26-36(45)37-27-24-35(31-46(37)56)53-41-16-5-3-14-39(41)52(40-15-4-6-17-42(40)53)34-25-28-50-44(30-34)38-13-8-11-21-49(38)60(50)55-59-47-19-9-7-18-43(47)54-58-48-20-10-12-22-51(48)61(54)55/h3-31H,1-2H3. The van der Waals surface area contributed by atoms with Crippen LogP contribution in [0.25, 0.3) is 110 Å². The van der Waals surface area contributed by atoms with Crippen molar-refractivity contribution in [1.82, 2.24) is 18.9 Å². The van der Waals surface area contributed by atoms with Gasteiger partial charge in [0.2, 0.25) is 5.95 Å². The monoisotopic (exact) mass is 777 g/mol. The number of hydrogen-bond acceptors (Lipinski definition) is 3. The summed E-state index contributed by atoms with van der Waals surface area (Å²) >= 11 is 0. The lowest BCUT2D eigenvalue weighted by molar-refractivity contribution is 0.660. The molecule has 284 valence electrons.